The van der Waals surface area contributed by atoms with E-state index in [2.05, 4.69) is 30.0 Å². The lowest BCUT2D eigenvalue weighted by Gasteiger charge is -2.16. The predicted molar refractivity (Wildman–Crippen MR) is 120 cm³/mol. The van der Waals surface area contributed by atoms with Crippen molar-refractivity contribution in [2.24, 2.45) is 0 Å². The normalized spacial score (nSPS) is 11.2. The SMILES string of the molecule is CCOc1cccc(C(=O)NC(=S)NNC(=O)COc2ccccc2C(C)CC)c1. The summed E-state index contributed by atoms with van der Waals surface area (Å²) in [5.41, 5.74) is 6.35. The summed E-state index contributed by atoms with van der Waals surface area (Å²) < 4.78 is 11.0. The summed E-state index contributed by atoms with van der Waals surface area (Å²) in [7, 11) is 0. The van der Waals surface area contributed by atoms with Crippen molar-refractivity contribution in [1.82, 2.24) is 16.2 Å². The van der Waals surface area contributed by atoms with Crippen LogP contribution >= 0.6 is 12.2 Å². The van der Waals surface area contributed by atoms with E-state index in [9.17, 15) is 9.59 Å². The van der Waals surface area contributed by atoms with Crippen molar-refractivity contribution < 1.29 is 19.1 Å². The molecule has 0 aliphatic carbocycles. The molecule has 0 saturated heterocycles. The molecule has 0 saturated carbocycles. The maximum atomic E-state index is 12.3. The number of amides is 2. The monoisotopic (exact) mass is 429 g/mol. The molecule has 2 amide bonds. The first-order chi connectivity index (χ1) is 14.4. The number of para-hydroxylation sites is 1. The fourth-order valence-corrected chi connectivity index (χ4v) is 2.79. The molecule has 0 bridgehead atoms. The van der Waals surface area contributed by atoms with E-state index in [1.165, 1.54) is 0 Å². The van der Waals surface area contributed by atoms with Crippen LogP contribution in [0.25, 0.3) is 0 Å². The van der Waals surface area contributed by atoms with Crippen LogP contribution in [-0.2, 0) is 4.79 Å². The minimum atomic E-state index is -0.427. The zero-order valence-electron chi connectivity index (χ0n) is 17.4. The Bertz CT molecular complexity index is 888. The molecule has 1 unspecified atom stereocenters. The smallest absolute Gasteiger partial charge is 0.276 e. The Hall–Kier alpha value is -3.13. The molecule has 0 fully saturated rings. The highest BCUT2D eigenvalue weighted by Gasteiger charge is 2.12. The maximum absolute atomic E-state index is 12.3. The average Bonchev–Trinajstić information content (AvgIpc) is 2.76. The summed E-state index contributed by atoms with van der Waals surface area (Å²) in [5, 5.41) is 2.46. The lowest BCUT2D eigenvalue weighted by atomic mass is 9.98. The molecule has 0 spiro atoms. The van der Waals surface area contributed by atoms with Crippen molar-refractivity contribution in [2.75, 3.05) is 13.2 Å². The quantitative estimate of drug-likeness (QED) is 0.441. The predicted octanol–water partition coefficient (Wildman–Crippen LogP) is 3.31. The summed E-state index contributed by atoms with van der Waals surface area (Å²) >= 11 is 5.05. The van der Waals surface area contributed by atoms with Gasteiger partial charge in [0.2, 0.25) is 0 Å². The number of hydrazine groups is 1. The molecule has 0 aliphatic rings. The number of carbonyl (C=O) groups excluding carboxylic acids is 2. The Morgan fingerprint density at radius 3 is 2.53 bits per heavy atom. The van der Waals surface area contributed by atoms with Crippen LogP contribution in [0.4, 0.5) is 0 Å². The van der Waals surface area contributed by atoms with Gasteiger partial charge in [0.1, 0.15) is 11.5 Å². The number of benzene rings is 2. The molecule has 2 aromatic rings. The molecule has 2 aromatic carbocycles. The summed E-state index contributed by atoms with van der Waals surface area (Å²) in [6.07, 6.45) is 0.968. The summed E-state index contributed by atoms with van der Waals surface area (Å²) in [5.74, 6) is 0.747. The first kappa shape index (κ1) is 23.2. The second-order valence-corrected chi connectivity index (χ2v) is 6.96. The number of thiocarbonyl (C=S) groups is 1. The number of nitrogens with one attached hydrogen (secondary N) is 3. The molecular formula is C22H27N3O4S. The van der Waals surface area contributed by atoms with Gasteiger partial charge in [0.15, 0.2) is 11.7 Å². The third-order valence-electron chi connectivity index (χ3n) is 4.37. The van der Waals surface area contributed by atoms with Gasteiger partial charge in [-0.1, -0.05) is 38.1 Å². The molecule has 0 radical (unpaired) electrons. The van der Waals surface area contributed by atoms with E-state index in [1.807, 2.05) is 31.2 Å². The molecule has 8 heteroatoms. The Morgan fingerprint density at radius 2 is 1.80 bits per heavy atom. The topological polar surface area (TPSA) is 88.7 Å². The van der Waals surface area contributed by atoms with E-state index in [4.69, 9.17) is 21.7 Å². The van der Waals surface area contributed by atoms with Gasteiger partial charge < -0.3 is 9.47 Å². The molecule has 2 rings (SSSR count). The minimum absolute atomic E-state index is 0.0323. The molecule has 30 heavy (non-hydrogen) atoms. The Balaban J connectivity index is 1.80. The van der Waals surface area contributed by atoms with Crippen molar-refractivity contribution in [3.8, 4) is 11.5 Å². The molecule has 0 heterocycles. The first-order valence-electron chi connectivity index (χ1n) is 9.79. The van der Waals surface area contributed by atoms with E-state index in [1.54, 1.807) is 24.3 Å². The van der Waals surface area contributed by atoms with Crippen molar-refractivity contribution in [3.05, 3.63) is 59.7 Å². The highest BCUT2D eigenvalue weighted by molar-refractivity contribution is 7.80. The third-order valence-corrected chi connectivity index (χ3v) is 4.57. The molecule has 160 valence electrons. The van der Waals surface area contributed by atoms with Crippen molar-refractivity contribution in [1.29, 1.82) is 0 Å². The Kier molecular flexibility index (Phi) is 9.08. The van der Waals surface area contributed by atoms with Gasteiger partial charge in [-0.05, 0) is 61.3 Å². The summed E-state index contributed by atoms with van der Waals surface area (Å²) in [6.45, 7) is 6.38. The van der Waals surface area contributed by atoms with Gasteiger partial charge in [0.25, 0.3) is 11.8 Å². The minimum Gasteiger partial charge on any atom is -0.494 e. The van der Waals surface area contributed by atoms with Gasteiger partial charge in [-0.25, -0.2) is 0 Å². The molecule has 0 aliphatic heterocycles. The third kappa shape index (κ3) is 7.04. The molecule has 0 aromatic heterocycles. The average molecular weight is 430 g/mol. The van der Waals surface area contributed by atoms with E-state index in [-0.39, 0.29) is 11.7 Å². The van der Waals surface area contributed by atoms with Gasteiger partial charge in [0, 0.05) is 5.56 Å². The molecule has 1 atom stereocenters. The molecule has 7 nitrogen and oxygen atoms in total. The van der Waals surface area contributed by atoms with Gasteiger partial charge >= 0.3 is 0 Å². The standard InChI is InChI=1S/C22H27N3O4S/c1-4-15(3)18-11-6-7-12-19(18)29-14-20(26)24-25-22(30)23-21(27)16-9-8-10-17(13-16)28-5-2/h6-13,15H,4-5,14H2,1-3H3,(H,24,26)(H2,23,25,27,30). The van der Waals surface area contributed by atoms with Crippen LogP contribution in [-0.4, -0.2) is 30.1 Å². The van der Waals surface area contributed by atoms with E-state index in [0.29, 0.717) is 29.6 Å². The van der Waals surface area contributed by atoms with Crippen LogP contribution in [0.3, 0.4) is 0 Å². The van der Waals surface area contributed by atoms with E-state index < -0.39 is 11.8 Å². The van der Waals surface area contributed by atoms with Gasteiger partial charge in [-0.15, -0.1) is 0 Å². The lowest BCUT2D eigenvalue weighted by molar-refractivity contribution is -0.123. The van der Waals surface area contributed by atoms with Gasteiger partial charge in [-0.3, -0.25) is 25.8 Å². The number of rotatable bonds is 8. The largest absolute Gasteiger partial charge is 0.494 e. The number of hydrogen-bond donors (Lipinski definition) is 3. The second-order valence-electron chi connectivity index (χ2n) is 6.55. The van der Waals surface area contributed by atoms with Crippen molar-refractivity contribution in [3.63, 3.8) is 0 Å². The highest BCUT2D eigenvalue weighted by Crippen LogP contribution is 2.28. The molecule has 3 N–H and O–H groups in total. The van der Waals surface area contributed by atoms with E-state index in [0.717, 1.165) is 12.0 Å². The Morgan fingerprint density at radius 1 is 1.03 bits per heavy atom. The van der Waals surface area contributed by atoms with Crippen molar-refractivity contribution in [2.45, 2.75) is 33.1 Å². The lowest BCUT2D eigenvalue weighted by Crippen LogP contribution is -2.49. The van der Waals surface area contributed by atoms with Gasteiger partial charge in [0.05, 0.1) is 6.61 Å². The summed E-state index contributed by atoms with van der Waals surface area (Å²) in [6, 6.07) is 14.4. The number of hydrogen-bond acceptors (Lipinski definition) is 5. The molecular weight excluding hydrogens is 402 g/mol. The number of carbonyl (C=O) groups is 2. The van der Waals surface area contributed by atoms with Gasteiger partial charge in [-0.2, -0.15) is 0 Å². The van der Waals surface area contributed by atoms with Crippen LogP contribution in [0.1, 0.15) is 49.0 Å². The first-order valence-corrected chi connectivity index (χ1v) is 10.2. The van der Waals surface area contributed by atoms with Crippen LogP contribution < -0.4 is 25.6 Å². The fourth-order valence-electron chi connectivity index (χ4n) is 2.65. The summed E-state index contributed by atoms with van der Waals surface area (Å²) in [4.78, 5) is 24.3. The zero-order valence-corrected chi connectivity index (χ0v) is 18.2. The maximum Gasteiger partial charge on any atom is 0.276 e. The van der Waals surface area contributed by atoms with E-state index >= 15 is 0 Å². The van der Waals surface area contributed by atoms with Crippen LogP contribution in [0.2, 0.25) is 0 Å². The van der Waals surface area contributed by atoms with Crippen LogP contribution in [0, 0.1) is 0 Å². The second kappa shape index (κ2) is 11.8. The Labute approximate surface area is 182 Å². The zero-order chi connectivity index (χ0) is 21.9. The fraction of sp³-hybridized carbons (Fsp3) is 0.318. The van der Waals surface area contributed by atoms with Crippen molar-refractivity contribution >= 4 is 29.1 Å². The van der Waals surface area contributed by atoms with Crippen LogP contribution in [0.15, 0.2) is 48.5 Å². The highest BCUT2D eigenvalue weighted by atomic mass is 32.1. The van der Waals surface area contributed by atoms with Crippen LogP contribution in [0.5, 0.6) is 11.5 Å². The number of ether oxygens (including phenoxy) is 2.